The number of aliphatic hydroxyl groups is 1. The molecule has 0 aliphatic rings. The highest BCUT2D eigenvalue weighted by atomic mass is 16.7. The number of aliphatic hydroxyl groups excluding tert-OH is 1. The molecular weight excluding hydrogens is 186 g/mol. The lowest BCUT2D eigenvalue weighted by Crippen LogP contribution is -2.31. The monoisotopic (exact) mass is 206 g/mol. The molecule has 0 aliphatic carbocycles. The van der Waals surface area contributed by atoms with Crippen molar-refractivity contribution >= 4 is 0 Å². The standard InChI is InChI=1S/C8H20N3O3/c1-3-10(4-2)11(13)9-14-8-6-5-7-12/h12H,3-8H2,1-2H3,(H,9,13)/q+1. The van der Waals surface area contributed by atoms with Crippen LogP contribution in [0.5, 0.6) is 0 Å². The number of rotatable bonds is 8. The summed E-state index contributed by atoms with van der Waals surface area (Å²) in [6, 6.07) is 0. The van der Waals surface area contributed by atoms with Crippen molar-refractivity contribution in [3.05, 3.63) is 0 Å². The molecule has 0 radical (unpaired) electrons. The van der Waals surface area contributed by atoms with Gasteiger partial charge < -0.3 is 9.94 Å². The van der Waals surface area contributed by atoms with Crippen molar-refractivity contribution in [1.82, 2.24) is 5.01 Å². The number of nitrogens with zero attached hydrogens (tertiary/aromatic N) is 3. The maximum atomic E-state index is 9.28. The van der Waals surface area contributed by atoms with Gasteiger partial charge in [-0.1, -0.05) is 0 Å². The molecule has 0 aromatic heterocycles. The number of hydrogen-bond donors (Lipinski definition) is 2. The average Bonchev–Trinajstić information content (AvgIpc) is 2.19. The molecule has 0 saturated heterocycles. The molecule has 0 atom stereocenters. The van der Waals surface area contributed by atoms with Crippen LogP contribution in [0.2, 0.25) is 0 Å². The number of hydrogen-bond acceptors (Lipinski definition) is 3. The first-order valence-corrected chi connectivity index (χ1v) is 4.93. The Bertz CT molecular complexity index is 160. The zero-order valence-corrected chi connectivity index (χ0v) is 8.89. The van der Waals surface area contributed by atoms with Crippen LogP contribution in [0.4, 0.5) is 0 Å². The third kappa shape index (κ3) is 5.58. The highest BCUT2D eigenvalue weighted by Gasteiger charge is 2.13. The molecule has 6 heteroatoms. The van der Waals surface area contributed by atoms with Crippen molar-refractivity contribution in [3.8, 4) is 0 Å². The second-order valence-corrected chi connectivity index (χ2v) is 2.75. The summed E-state index contributed by atoms with van der Waals surface area (Å²) >= 11 is 0. The average molecular weight is 206 g/mol. The first-order chi connectivity index (χ1) is 6.76. The van der Waals surface area contributed by atoms with Gasteiger partial charge in [0.25, 0.3) is 10.2 Å². The summed E-state index contributed by atoms with van der Waals surface area (Å²) in [6.45, 7) is 5.70. The van der Waals surface area contributed by atoms with Gasteiger partial charge in [-0.15, -0.1) is 5.01 Å². The maximum Gasteiger partial charge on any atom is 0.274 e. The van der Waals surface area contributed by atoms with Crippen LogP contribution in [-0.4, -0.2) is 46.6 Å². The van der Waals surface area contributed by atoms with E-state index in [2.05, 4.69) is 5.28 Å². The highest BCUT2D eigenvalue weighted by molar-refractivity contribution is 4.32. The lowest BCUT2D eigenvalue weighted by molar-refractivity contribution is -0.941. The molecule has 0 spiro atoms. The minimum Gasteiger partial charge on any atom is -0.396 e. The molecule has 14 heavy (non-hydrogen) atoms. The smallest absolute Gasteiger partial charge is 0.274 e. The van der Waals surface area contributed by atoms with E-state index in [1.54, 1.807) is 5.01 Å². The summed E-state index contributed by atoms with van der Waals surface area (Å²) in [5, 5.41) is 22.8. The van der Waals surface area contributed by atoms with E-state index in [1.165, 1.54) is 0 Å². The van der Waals surface area contributed by atoms with Crippen molar-refractivity contribution < 1.29 is 20.1 Å². The minimum atomic E-state index is 0.155. The maximum absolute atomic E-state index is 9.28. The largest absolute Gasteiger partial charge is 0.396 e. The summed E-state index contributed by atoms with van der Waals surface area (Å²) in [5.41, 5.74) is 0. The Morgan fingerprint density at radius 1 is 1.29 bits per heavy atom. The van der Waals surface area contributed by atoms with Gasteiger partial charge in [-0.2, -0.15) is 0 Å². The van der Waals surface area contributed by atoms with Crippen LogP contribution >= 0.6 is 0 Å². The number of unbranched alkanes of at least 4 members (excludes halogenated alkanes) is 1. The van der Waals surface area contributed by atoms with Crippen LogP contribution in [0, 0.1) is 0 Å². The molecular formula is C8H20N3O3+. The Kier molecular flexibility index (Phi) is 7.92. The third-order valence-corrected chi connectivity index (χ3v) is 1.76. The van der Waals surface area contributed by atoms with Gasteiger partial charge in [0, 0.05) is 6.61 Å². The van der Waals surface area contributed by atoms with E-state index >= 15 is 0 Å². The second-order valence-electron chi connectivity index (χ2n) is 2.75. The molecule has 0 aromatic carbocycles. The molecule has 0 fully saturated rings. The van der Waals surface area contributed by atoms with Crippen LogP contribution in [0.1, 0.15) is 26.7 Å². The van der Waals surface area contributed by atoms with E-state index in [0.29, 0.717) is 31.1 Å². The number of hydrazine groups is 1. The Hall–Kier alpha value is -1.04. The zero-order chi connectivity index (χ0) is 10.8. The van der Waals surface area contributed by atoms with Gasteiger partial charge in [-0.05, 0) is 26.7 Å². The van der Waals surface area contributed by atoms with E-state index in [0.717, 1.165) is 6.42 Å². The van der Waals surface area contributed by atoms with Gasteiger partial charge in [0.15, 0.2) is 0 Å². The molecule has 0 bridgehead atoms. The SMILES string of the molecule is CCN(CC)/[N+](O)=N/OCCCCO. The van der Waals surface area contributed by atoms with Gasteiger partial charge >= 0.3 is 0 Å². The Balaban J connectivity index is 3.64. The molecule has 0 saturated carbocycles. The van der Waals surface area contributed by atoms with E-state index in [1.807, 2.05) is 13.8 Å². The van der Waals surface area contributed by atoms with Crippen molar-refractivity contribution in [2.24, 2.45) is 5.28 Å². The van der Waals surface area contributed by atoms with Gasteiger partial charge in [0.1, 0.15) is 6.61 Å². The summed E-state index contributed by atoms with van der Waals surface area (Å²) in [5.74, 6) is 0. The Labute approximate surface area is 84.3 Å². The van der Waals surface area contributed by atoms with Crippen molar-refractivity contribution in [3.63, 3.8) is 0 Å². The fourth-order valence-corrected chi connectivity index (χ4v) is 0.899. The first-order valence-electron chi connectivity index (χ1n) is 4.93. The molecule has 0 rings (SSSR count). The molecule has 0 aliphatic heterocycles. The molecule has 0 heterocycles. The lowest BCUT2D eigenvalue weighted by Gasteiger charge is -2.05. The van der Waals surface area contributed by atoms with E-state index < -0.39 is 0 Å². The predicted octanol–water partition coefficient (Wildman–Crippen LogP) is 0.801. The summed E-state index contributed by atoms with van der Waals surface area (Å²) < 4.78 is 0. The highest BCUT2D eigenvalue weighted by Crippen LogP contribution is 1.92. The van der Waals surface area contributed by atoms with Crippen molar-refractivity contribution in [2.45, 2.75) is 26.7 Å². The topological polar surface area (TPSA) is 68.3 Å². The first kappa shape index (κ1) is 13.0. The van der Waals surface area contributed by atoms with Gasteiger partial charge in [0.05, 0.1) is 13.1 Å². The molecule has 0 unspecified atom stereocenters. The molecule has 6 nitrogen and oxygen atoms in total. The predicted molar refractivity (Wildman–Crippen MR) is 49.7 cm³/mol. The summed E-state index contributed by atoms with van der Waals surface area (Å²) in [6.07, 6.45) is 1.41. The molecule has 0 aromatic rings. The van der Waals surface area contributed by atoms with Gasteiger partial charge in [-0.3, -0.25) is 0 Å². The van der Waals surface area contributed by atoms with Gasteiger partial charge in [0.2, 0.25) is 0 Å². The van der Waals surface area contributed by atoms with Crippen LogP contribution in [0.15, 0.2) is 5.28 Å². The van der Waals surface area contributed by atoms with Crippen molar-refractivity contribution in [2.75, 3.05) is 26.3 Å². The van der Waals surface area contributed by atoms with E-state index in [-0.39, 0.29) is 6.61 Å². The normalized spacial score (nSPS) is 11.5. The third-order valence-electron chi connectivity index (χ3n) is 1.76. The minimum absolute atomic E-state index is 0.155. The fraction of sp³-hybridized carbons (Fsp3) is 1.00. The van der Waals surface area contributed by atoms with Crippen LogP contribution in [0.25, 0.3) is 0 Å². The van der Waals surface area contributed by atoms with Gasteiger partial charge in [-0.25, -0.2) is 5.21 Å². The Morgan fingerprint density at radius 2 is 1.93 bits per heavy atom. The summed E-state index contributed by atoms with van der Waals surface area (Å²) in [4.78, 5) is 5.54. The van der Waals surface area contributed by atoms with Crippen LogP contribution in [0.3, 0.4) is 0 Å². The molecule has 84 valence electrons. The fourth-order valence-electron chi connectivity index (χ4n) is 0.899. The molecule has 2 N–H and O–H groups in total. The Morgan fingerprint density at radius 3 is 2.43 bits per heavy atom. The van der Waals surface area contributed by atoms with Crippen molar-refractivity contribution in [1.29, 1.82) is 0 Å². The van der Waals surface area contributed by atoms with Crippen LogP contribution in [-0.2, 0) is 4.84 Å². The molecule has 0 amide bonds. The zero-order valence-electron chi connectivity index (χ0n) is 8.89. The summed E-state index contributed by atoms with van der Waals surface area (Å²) in [7, 11) is 0. The van der Waals surface area contributed by atoms with E-state index in [9.17, 15) is 5.21 Å². The lowest BCUT2D eigenvalue weighted by atomic mass is 10.3. The quantitative estimate of drug-likeness (QED) is 0.267. The van der Waals surface area contributed by atoms with E-state index in [4.69, 9.17) is 9.94 Å². The van der Waals surface area contributed by atoms with Crippen LogP contribution < -0.4 is 0 Å². The second kappa shape index (κ2) is 8.55.